The maximum absolute atomic E-state index is 13.6. The predicted molar refractivity (Wildman–Crippen MR) is 141 cm³/mol. The minimum Gasteiger partial charge on any atom is -0.497 e. The van der Waals surface area contributed by atoms with Gasteiger partial charge < -0.3 is 15.4 Å². The molecule has 11 heteroatoms. The summed E-state index contributed by atoms with van der Waals surface area (Å²) in [6.45, 7) is 4.91. The van der Waals surface area contributed by atoms with Crippen LogP contribution in [0.3, 0.4) is 0 Å². The van der Waals surface area contributed by atoms with Crippen molar-refractivity contribution >= 4 is 28.1 Å². The van der Waals surface area contributed by atoms with Gasteiger partial charge in [-0.25, -0.2) is 9.67 Å². The zero-order chi connectivity index (χ0) is 27.2. The van der Waals surface area contributed by atoms with E-state index in [0.29, 0.717) is 29.5 Å². The molecule has 0 bridgehead atoms. The fraction of sp³-hybridized carbons (Fsp3) is 0.370. The SMILES string of the molecule is COc1cccc(-c2nc(-n3nc(C(=O)N4CCCC(N)C4)c4cc(C(F)(F)F)ccc43)sc2C(C)C)c1. The summed E-state index contributed by atoms with van der Waals surface area (Å²) < 4.78 is 47.7. The van der Waals surface area contributed by atoms with E-state index in [0.717, 1.165) is 41.1 Å². The molecule has 0 radical (unpaired) electrons. The van der Waals surface area contributed by atoms with Gasteiger partial charge in [-0.2, -0.15) is 18.3 Å². The Morgan fingerprint density at radius 2 is 2.00 bits per heavy atom. The fourth-order valence-electron chi connectivity index (χ4n) is 4.72. The molecule has 0 spiro atoms. The average Bonchev–Trinajstić information content (AvgIpc) is 3.50. The van der Waals surface area contributed by atoms with E-state index < -0.39 is 17.6 Å². The van der Waals surface area contributed by atoms with Gasteiger partial charge in [0, 0.05) is 35.0 Å². The van der Waals surface area contributed by atoms with Crippen LogP contribution >= 0.6 is 11.3 Å². The topological polar surface area (TPSA) is 86.3 Å². The van der Waals surface area contributed by atoms with E-state index in [2.05, 4.69) is 5.10 Å². The van der Waals surface area contributed by atoms with Crippen LogP contribution in [0.4, 0.5) is 13.2 Å². The van der Waals surface area contributed by atoms with Gasteiger partial charge in [-0.15, -0.1) is 0 Å². The van der Waals surface area contributed by atoms with E-state index in [-0.39, 0.29) is 23.0 Å². The molecule has 3 heterocycles. The number of hydrogen-bond donors (Lipinski definition) is 1. The summed E-state index contributed by atoms with van der Waals surface area (Å²) in [5.41, 5.74) is 7.16. The van der Waals surface area contributed by atoms with Crippen LogP contribution in [0.25, 0.3) is 27.3 Å². The van der Waals surface area contributed by atoms with Gasteiger partial charge in [-0.05, 0) is 49.1 Å². The van der Waals surface area contributed by atoms with Crippen molar-refractivity contribution in [2.75, 3.05) is 20.2 Å². The molecule has 5 rings (SSSR count). The predicted octanol–water partition coefficient (Wildman–Crippen LogP) is 5.86. The zero-order valence-corrected chi connectivity index (χ0v) is 22.1. The molecule has 2 aromatic heterocycles. The summed E-state index contributed by atoms with van der Waals surface area (Å²) >= 11 is 1.40. The molecule has 200 valence electrons. The molecule has 1 atom stereocenters. The smallest absolute Gasteiger partial charge is 0.416 e. The minimum atomic E-state index is -4.56. The van der Waals surface area contributed by atoms with Crippen LogP contribution in [0, 0.1) is 0 Å². The Morgan fingerprint density at radius 3 is 2.68 bits per heavy atom. The molecule has 4 aromatic rings. The van der Waals surface area contributed by atoms with Crippen molar-refractivity contribution in [3.05, 3.63) is 58.6 Å². The highest BCUT2D eigenvalue weighted by molar-refractivity contribution is 7.14. The van der Waals surface area contributed by atoms with Gasteiger partial charge in [0.15, 0.2) is 5.69 Å². The quantitative estimate of drug-likeness (QED) is 0.341. The number of likely N-dealkylation sites (tertiary alicyclic amines) is 1. The van der Waals surface area contributed by atoms with Crippen molar-refractivity contribution in [3.63, 3.8) is 0 Å². The lowest BCUT2D eigenvalue weighted by atomic mass is 10.1. The largest absolute Gasteiger partial charge is 0.497 e. The van der Waals surface area contributed by atoms with Gasteiger partial charge in [0.25, 0.3) is 5.91 Å². The Labute approximate surface area is 222 Å². The highest BCUT2D eigenvalue weighted by Gasteiger charge is 2.33. The third kappa shape index (κ3) is 4.88. The zero-order valence-electron chi connectivity index (χ0n) is 21.2. The molecule has 0 aliphatic carbocycles. The van der Waals surface area contributed by atoms with E-state index in [4.69, 9.17) is 15.5 Å². The van der Waals surface area contributed by atoms with Crippen LogP contribution in [0.15, 0.2) is 42.5 Å². The maximum Gasteiger partial charge on any atom is 0.416 e. The van der Waals surface area contributed by atoms with Gasteiger partial charge in [-0.3, -0.25) is 4.79 Å². The van der Waals surface area contributed by atoms with E-state index in [1.165, 1.54) is 22.1 Å². The third-order valence-electron chi connectivity index (χ3n) is 6.65. The van der Waals surface area contributed by atoms with E-state index in [9.17, 15) is 18.0 Å². The number of alkyl halides is 3. The molecular formula is C27H28F3N5O2S. The second kappa shape index (κ2) is 10.0. The molecule has 1 fully saturated rings. The first kappa shape index (κ1) is 26.2. The summed E-state index contributed by atoms with van der Waals surface area (Å²) in [6.07, 6.45) is -3.04. The average molecular weight is 544 g/mol. The number of amides is 1. The number of nitrogens with zero attached hydrogens (tertiary/aromatic N) is 4. The number of fused-ring (bicyclic) bond motifs is 1. The number of thiazole rings is 1. The first-order valence-corrected chi connectivity index (χ1v) is 13.2. The monoisotopic (exact) mass is 543 g/mol. The number of ether oxygens (including phenoxy) is 1. The maximum atomic E-state index is 13.6. The first-order chi connectivity index (χ1) is 18.1. The molecule has 1 unspecified atom stereocenters. The summed E-state index contributed by atoms with van der Waals surface area (Å²) in [7, 11) is 1.59. The highest BCUT2D eigenvalue weighted by atomic mass is 32.1. The Hall–Kier alpha value is -3.44. The summed E-state index contributed by atoms with van der Waals surface area (Å²) in [5, 5.41) is 5.16. The van der Waals surface area contributed by atoms with E-state index in [1.807, 2.05) is 38.1 Å². The lowest BCUT2D eigenvalue weighted by molar-refractivity contribution is -0.137. The van der Waals surface area contributed by atoms with Crippen LogP contribution in [0.1, 0.15) is 53.5 Å². The Balaban J connectivity index is 1.68. The van der Waals surface area contributed by atoms with E-state index in [1.54, 1.807) is 12.0 Å². The number of piperidine rings is 1. The fourth-order valence-corrected chi connectivity index (χ4v) is 5.78. The van der Waals surface area contributed by atoms with Crippen LogP contribution in [0.2, 0.25) is 0 Å². The molecule has 2 aromatic carbocycles. The van der Waals surface area contributed by atoms with Crippen molar-refractivity contribution < 1.29 is 22.7 Å². The van der Waals surface area contributed by atoms with Gasteiger partial charge in [0.05, 0.1) is 23.9 Å². The number of aromatic nitrogens is 3. The number of benzene rings is 2. The molecule has 1 aliphatic heterocycles. The van der Waals surface area contributed by atoms with Crippen LogP contribution in [0.5, 0.6) is 5.75 Å². The Bertz CT molecular complexity index is 1490. The van der Waals surface area contributed by atoms with Gasteiger partial charge in [-0.1, -0.05) is 37.3 Å². The molecule has 1 amide bonds. The summed E-state index contributed by atoms with van der Waals surface area (Å²) in [6, 6.07) is 10.7. The van der Waals surface area contributed by atoms with Crippen LogP contribution < -0.4 is 10.5 Å². The van der Waals surface area contributed by atoms with Crippen molar-refractivity contribution in [1.82, 2.24) is 19.7 Å². The number of carbonyl (C=O) groups excluding carboxylic acids is 1. The molecule has 7 nitrogen and oxygen atoms in total. The second-order valence-corrected chi connectivity index (χ2v) is 10.7. The normalized spacial score (nSPS) is 16.4. The number of nitrogens with two attached hydrogens (primary N) is 1. The second-order valence-electron chi connectivity index (χ2n) is 9.74. The first-order valence-electron chi connectivity index (χ1n) is 12.4. The minimum absolute atomic E-state index is 0.0376. The lowest BCUT2D eigenvalue weighted by Crippen LogP contribution is -2.45. The third-order valence-corrected chi connectivity index (χ3v) is 7.98. The summed E-state index contributed by atoms with van der Waals surface area (Å²) in [4.78, 5) is 20.9. The van der Waals surface area contributed by atoms with Crippen molar-refractivity contribution in [2.24, 2.45) is 5.73 Å². The molecule has 1 aliphatic rings. The summed E-state index contributed by atoms with van der Waals surface area (Å²) in [5.74, 6) is 0.373. The van der Waals surface area contributed by atoms with E-state index >= 15 is 0 Å². The number of carbonyl (C=O) groups is 1. The van der Waals surface area contributed by atoms with Crippen LogP contribution in [-0.4, -0.2) is 51.8 Å². The van der Waals surface area contributed by atoms with Gasteiger partial charge >= 0.3 is 6.18 Å². The standard InChI is InChI=1S/C27H28F3N5O2S/c1-15(2)24-22(16-6-4-8-19(12-16)37-3)32-26(38-24)35-21-10-9-17(27(28,29)30)13-20(21)23(33-35)25(36)34-11-5-7-18(31)14-34/h4,6,8-10,12-13,15,18H,5,7,11,14,31H2,1-3H3. The van der Waals surface area contributed by atoms with Crippen molar-refractivity contribution in [3.8, 4) is 22.1 Å². The molecule has 38 heavy (non-hydrogen) atoms. The number of rotatable bonds is 5. The molecule has 2 N–H and O–H groups in total. The lowest BCUT2D eigenvalue weighted by Gasteiger charge is -2.30. The van der Waals surface area contributed by atoms with Crippen LogP contribution in [-0.2, 0) is 6.18 Å². The molecule has 1 saturated heterocycles. The van der Waals surface area contributed by atoms with Gasteiger partial charge in [0.2, 0.25) is 5.13 Å². The number of hydrogen-bond acceptors (Lipinski definition) is 6. The highest BCUT2D eigenvalue weighted by Crippen LogP contribution is 2.39. The number of halogens is 3. The Kier molecular flexibility index (Phi) is 6.91. The number of methoxy groups -OCH3 is 1. The van der Waals surface area contributed by atoms with Crippen molar-refractivity contribution in [2.45, 2.75) is 44.8 Å². The van der Waals surface area contributed by atoms with Gasteiger partial charge in [0.1, 0.15) is 5.75 Å². The van der Waals surface area contributed by atoms with Crippen molar-refractivity contribution in [1.29, 1.82) is 0 Å². The molecule has 0 saturated carbocycles. The molecular weight excluding hydrogens is 515 g/mol. The Morgan fingerprint density at radius 1 is 1.21 bits per heavy atom.